The maximum Gasteiger partial charge on any atom is 0.356 e. The largest absolute Gasteiger partial charge is 0.356 e. The van der Waals surface area contributed by atoms with Gasteiger partial charge in [-0.3, -0.25) is 9.59 Å². The minimum absolute atomic E-state index is 0.105. The van der Waals surface area contributed by atoms with Crippen molar-refractivity contribution in [1.82, 2.24) is 19.4 Å². The van der Waals surface area contributed by atoms with Crippen LogP contribution in [0.25, 0.3) is 0 Å². The third-order valence-corrected chi connectivity index (χ3v) is 9.29. The first-order chi connectivity index (χ1) is 22.2. The van der Waals surface area contributed by atoms with Gasteiger partial charge in [-0.15, -0.1) is 0 Å². The number of nitrogens with zero attached hydrogens (tertiary/aromatic N) is 4. The third kappa shape index (κ3) is 7.12. The number of aromatic nitrogens is 4. The fraction of sp³-hybridized carbons (Fsp3) is 0.250. The van der Waals surface area contributed by atoms with E-state index in [1.54, 1.807) is 0 Å². The number of halogens is 2. The van der Waals surface area contributed by atoms with Crippen LogP contribution >= 0.6 is 31.9 Å². The lowest BCUT2D eigenvalue weighted by atomic mass is 9.89. The molecule has 46 heavy (non-hydrogen) atoms. The summed E-state index contributed by atoms with van der Waals surface area (Å²) in [6.45, 7) is 0. The fourth-order valence-corrected chi connectivity index (χ4v) is 6.29. The minimum atomic E-state index is -0.794. The molecule has 0 spiro atoms. The van der Waals surface area contributed by atoms with Gasteiger partial charge >= 0.3 is 11.9 Å². The SMILES string of the molecule is O=C(/C=C/C(=O)On1cnc2c1CCC(C(=O)Nc1ccccc1Br)C2)On1cnc2c1CCC(C(=O)Nc1ccccc1Br)C2. The molecule has 2 amide bonds. The number of nitrogens with one attached hydrogen (secondary N) is 2. The van der Waals surface area contributed by atoms with Gasteiger partial charge in [-0.2, -0.15) is 9.46 Å². The van der Waals surface area contributed by atoms with Crippen LogP contribution in [0.15, 0.2) is 82.3 Å². The van der Waals surface area contributed by atoms with Crippen LogP contribution < -0.4 is 20.3 Å². The zero-order valence-corrected chi connectivity index (χ0v) is 27.5. The molecule has 0 radical (unpaired) electrons. The van der Waals surface area contributed by atoms with Crippen LogP contribution in [0.4, 0.5) is 11.4 Å². The number of rotatable bonds is 8. The fourth-order valence-electron chi connectivity index (χ4n) is 5.52. The Kier molecular flexibility index (Phi) is 9.45. The zero-order chi connectivity index (χ0) is 32.2. The van der Waals surface area contributed by atoms with Crippen LogP contribution in [0.1, 0.15) is 35.6 Å². The summed E-state index contributed by atoms with van der Waals surface area (Å²) >= 11 is 6.87. The van der Waals surface area contributed by atoms with E-state index in [9.17, 15) is 19.2 Å². The van der Waals surface area contributed by atoms with E-state index in [-0.39, 0.29) is 23.7 Å². The van der Waals surface area contributed by atoms with Gasteiger partial charge in [-0.1, -0.05) is 24.3 Å². The summed E-state index contributed by atoms with van der Waals surface area (Å²) in [5, 5.41) is 5.89. The van der Waals surface area contributed by atoms with E-state index >= 15 is 0 Å². The molecule has 2 aromatic carbocycles. The highest BCUT2D eigenvalue weighted by molar-refractivity contribution is 9.11. The predicted octanol–water partition coefficient (Wildman–Crippen LogP) is 4.26. The van der Waals surface area contributed by atoms with Gasteiger partial charge in [0.2, 0.25) is 11.8 Å². The van der Waals surface area contributed by atoms with E-state index < -0.39 is 11.9 Å². The Morgan fingerprint density at radius 2 is 1.11 bits per heavy atom. The van der Waals surface area contributed by atoms with Crippen molar-refractivity contribution in [2.75, 3.05) is 10.6 Å². The van der Waals surface area contributed by atoms with Gasteiger partial charge in [-0.25, -0.2) is 19.6 Å². The summed E-state index contributed by atoms with van der Waals surface area (Å²) in [6.07, 6.45) is 7.60. The van der Waals surface area contributed by atoms with Crippen molar-refractivity contribution in [3.05, 3.63) is 105 Å². The van der Waals surface area contributed by atoms with Crippen LogP contribution in [0.5, 0.6) is 0 Å². The molecule has 236 valence electrons. The lowest BCUT2D eigenvalue weighted by Gasteiger charge is -2.22. The highest BCUT2D eigenvalue weighted by Crippen LogP contribution is 2.29. The number of amides is 2. The standard InChI is InChI=1S/C32H28Br2N6O6/c33-21-5-1-3-7-23(21)37-31(43)19-9-11-27-25(15-19)35-17-39(27)45-29(41)13-14-30(42)46-40-18-36-26-16-20(10-12-28(26)40)32(44)38-24-8-4-2-6-22(24)34/h1-8,13-14,17-20H,9-12,15-16H2,(H,37,43)(H,38,44)/b14-13+. The summed E-state index contributed by atoms with van der Waals surface area (Å²) < 4.78 is 4.13. The number of hydrogen-bond acceptors (Lipinski definition) is 8. The smallest absolute Gasteiger partial charge is 0.331 e. The summed E-state index contributed by atoms with van der Waals surface area (Å²) in [7, 11) is 0. The van der Waals surface area contributed by atoms with Gasteiger partial charge in [0.25, 0.3) is 0 Å². The van der Waals surface area contributed by atoms with Gasteiger partial charge in [0.15, 0.2) is 0 Å². The van der Waals surface area contributed by atoms with E-state index in [2.05, 4.69) is 52.5 Å². The Labute approximate surface area is 280 Å². The van der Waals surface area contributed by atoms with Crippen LogP contribution in [-0.4, -0.2) is 43.2 Å². The Balaban J connectivity index is 0.993. The summed E-state index contributed by atoms with van der Waals surface area (Å²) in [5.74, 6) is -2.35. The first kappa shape index (κ1) is 31.4. The molecular weight excluding hydrogens is 724 g/mol. The first-order valence-corrected chi connectivity index (χ1v) is 16.2. The maximum absolute atomic E-state index is 12.8. The Morgan fingerprint density at radius 1 is 0.696 bits per heavy atom. The second-order valence-electron chi connectivity index (χ2n) is 10.9. The van der Waals surface area contributed by atoms with Crippen molar-refractivity contribution >= 4 is 67.0 Å². The van der Waals surface area contributed by atoms with Gasteiger partial charge in [-0.05, 0) is 81.8 Å². The third-order valence-electron chi connectivity index (χ3n) is 7.91. The van der Waals surface area contributed by atoms with Gasteiger partial charge < -0.3 is 20.3 Å². The van der Waals surface area contributed by atoms with Crippen LogP contribution in [0.3, 0.4) is 0 Å². The molecule has 2 heterocycles. The average Bonchev–Trinajstić information content (AvgIpc) is 3.65. The lowest BCUT2D eigenvalue weighted by molar-refractivity contribution is -0.141. The van der Waals surface area contributed by atoms with E-state index in [4.69, 9.17) is 9.68 Å². The number of anilines is 2. The highest BCUT2D eigenvalue weighted by Gasteiger charge is 2.30. The van der Waals surface area contributed by atoms with E-state index in [1.807, 2.05) is 48.5 Å². The molecule has 12 nitrogen and oxygen atoms in total. The monoisotopic (exact) mass is 750 g/mol. The molecule has 6 rings (SSSR count). The first-order valence-electron chi connectivity index (χ1n) is 14.6. The zero-order valence-electron chi connectivity index (χ0n) is 24.3. The molecule has 0 bridgehead atoms. The quantitative estimate of drug-likeness (QED) is 0.254. The number of carbonyl (C=O) groups excluding carboxylic acids is 4. The number of imidazole rings is 2. The Hall–Kier alpha value is -4.56. The summed E-state index contributed by atoms with van der Waals surface area (Å²) in [6, 6.07) is 14.8. The Morgan fingerprint density at radius 3 is 1.52 bits per heavy atom. The molecule has 0 fully saturated rings. The van der Waals surface area contributed by atoms with Gasteiger partial charge in [0.1, 0.15) is 12.7 Å². The molecule has 2 aliphatic rings. The number of benzene rings is 2. The van der Waals surface area contributed by atoms with Crippen LogP contribution in [0, 0.1) is 11.8 Å². The van der Waals surface area contributed by atoms with Crippen molar-refractivity contribution in [1.29, 1.82) is 0 Å². The molecule has 0 saturated heterocycles. The molecule has 2 aromatic heterocycles. The molecule has 2 atom stereocenters. The molecule has 2 N–H and O–H groups in total. The molecule has 0 saturated carbocycles. The van der Waals surface area contributed by atoms with Crippen LogP contribution in [-0.2, 0) is 44.9 Å². The van der Waals surface area contributed by atoms with E-state index in [0.717, 1.165) is 21.1 Å². The van der Waals surface area contributed by atoms with E-state index in [1.165, 1.54) is 22.1 Å². The summed E-state index contributed by atoms with van der Waals surface area (Å²) in [4.78, 5) is 70.1. The molecular formula is C32H28Br2N6O6. The molecule has 14 heteroatoms. The summed E-state index contributed by atoms with van der Waals surface area (Å²) in [5.41, 5.74) is 4.13. The lowest BCUT2D eigenvalue weighted by Crippen LogP contribution is -2.30. The van der Waals surface area contributed by atoms with E-state index in [0.29, 0.717) is 72.7 Å². The highest BCUT2D eigenvalue weighted by atomic mass is 79.9. The number of para-hydroxylation sites is 2. The van der Waals surface area contributed by atoms with Gasteiger partial charge in [0, 0.05) is 45.8 Å². The average molecular weight is 752 g/mol. The van der Waals surface area contributed by atoms with Crippen LogP contribution in [0.2, 0.25) is 0 Å². The molecule has 2 unspecified atom stereocenters. The normalized spacial score (nSPS) is 17.1. The number of carbonyl (C=O) groups is 4. The topological polar surface area (TPSA) is 146 Å². The van der Waals surface area contributed by atoms with Crippen molar-refractivity contribution in [2.45, 2.75) is 38.5 Å². The molecule has 0 aliphatic heterocycles. The number of fused-ring (bicyclic) bond motifs is 2. The van der Waals surface area contributed by atoms with Crippen molar-refractivity contribution in [2.24, 2.45) is 11.8 Å². The van der Waals surface area contributed by atoms with Crippen molar-refractivity contribution in [3.8, 4) is 0 Å². The predicted molar refractivity (Wildman–Crippen MR) is 173 cm³/mol. The maximum atomic E-state index is 12.8. The van der Waals surface area contributed by atoms with Crippen molar-refractivity contribution in [3.63, 3.8) is 0 Å². The second kappa shape index (κ2) is 13.8. The molecule has 4 aromatic rings. The number of hydrogen-bond donors (Lipinski definition) is 2. The Bertz CT molecular complexity index is 1720. The minimum Gasteiger partial charge on any atom is -0.331 e. The van der Waals surface area contributed by atoms with Gasteiger partial charge in [0.05, 0.1) is 34.2 Å². The molecule has 2 aliphatic carbocycles. The second-order valence-corrected chi connectivity index (χ2v) is 12.6. The van der Waals surface area contributed by atoms with Crippen molar-refractivity contribution < 1.29 is 28.9 Å².